The van der Waals surface area contributed by atoms with E-state index < -0.39 is 0 Å². The first-order chi connectivity index (χ1) is 11.9. The Morgan fingerprint density at radius 3 is 2.48 bits per heavy atom. The molecule has 6 heteroatoms. The number of benzene rings is 2. The molecule has 0 spiro atoms. The van der Waals surface area contributed by atoms with E-state index in [1.54, 1.807) is 24.4 Å². The zero-order chi connectivity index (χ0) is 18.0. The molecule has 0 radical (unpaired) electrons. The van der Waals surface area contributed by atoms with E-state index >= 15 is 0 Å². The lowest BCUT2D eigenvalue weighted by Gasteiger charge is -2.11. The fourth-order valence-corrected chi connectivity index (χ4v) is 3.01. The maximum absolute atomic E-state index is 12.8. The number of allylic oxidation sites excluding steroid dienone is 1. The van der Waals surface area contributed by atoms with Crippen molar-refractivity contribution in [3.63, 3.8) is 0 Å². The van der Waals surface area contributed by atoms with E-state index in [9.17, 15) is 13.6 Å². The second-order valence-corrected chi connectivity index (χ2v) is 6.21. The number of ketones is 1. The molecule has 0 saturated heterocycles. The molecule has 126 valence electrons. The predicted molar refractivity (Wildman–Crippen MR) is 95.7 cm³/mol. The van der Waals surface area contributed by atoms with Gasteiger partial charge in [-0.25, -0.2) is 8.78 Å². The Hall–Kier alpha value is -2.30. The second kappa shape index (κ2) is 7.30. The number of pyridine rings is 1. The van der Waals surface area contributed by atoms with Gasteiger partial charge in [0, 0.05) is 30.1 Å². The van der Waals surface area contributed by atoms with E-state index in [0.717, 1.165) is 10.9 Å². The van der Waals surface area contributed by atoms with Crippen molar-refractivity contribution in [1.82, 2.24) is 4.98 Å². The van der Waals surface area contributed by atoms with Crippen LogP contribution >= 0.6 is 23.2 Å². The molecule has 1 aliphatic carbocycles. The molecular weight excluding hydrogens is 367 g/mol. The zero-order valence-corrected chi connectivity index (χ0v) is 14.3. The quantitative estimate of drug-likeness (QED) is 0.513. The third kappa shape index (κ3) is 4.03. The molecule has 0 atom stereocenters. The van der Waals surface area contributed by atoms with Gasteiger partial charge in [0.2, 0.25) is 0 Å². The Bertz CT molecular complexity index is 1000. The summed E-state index contributed by atoms with van der Waals surface area (Å²) in [4.78, 5) is 15.0. The number of hydrogen-bond donors (Lipinski definition) is 0. The minimum absolute atomic E-state index is 0.0805. The summed E-state index contributed by atoms with van der Waals surface area (Å²) in [7, 11) is 0. The molecule has 0 saturated carbocycles. The first-order valence-corrected chi connectivity index (χ1v) is 8.08. The van der Waals surface area contributed by atoms with Gasteiger partial charge < -0.3 is 0 Å². The van der Waals surface area contributed by atoms with E-state index in [4.69, 9.17) is 23.2 Å². The Morgan fingerprint density at radius 1 is 0.960 bits per heavy atom. The topological polar surface area (TPSA) is 30.0 Å². The first kappa shape index (κ1) is 17.5. The van der Waals surface area contributed by atoms with Gasteiger partial charge in [0.25, 0.3) is 0 Å². The van der Waals surface area contributed by atoms with Crippen molar-refractivity contribution in [2.45, 2.75) is 6.42 Å². The lowest BCUT2D eigenvalue weighted by Crippen LogP contribution is -2.07. The van der Waals surface area contributed by atoms with E-state index in [1.165, 1.54) is 30.3 Å². The zero-order valence-electron chi connectivity index (χ0n) is 12.8. The summed E-state index contributed by atoms with van der Waals surface area (Å²) in [6.07, 6.45) is 3.18. The maximum Gasteiger partial charge on any atom is 0.161 e. The highest BCUT2D eigenvalue weighted by Crippen LogP contribution is 2.28. The minimum atomic E-state index is -0.335. The average molecular weight is 378 g/mol. The first-order valence-electron chi connectivity index (χ1n) is 7.32. The van der Waals surface area contributed by atoms with Gasteiger partial charge in [-0.2, -0.15) is 0 Å². The summed E-state index contributed by atoms with van der Waals surface area (Å²) >= 11 is 11.7. The summed E-state index contributed by atoms with van der Waals surface area (Å²) in [5.74, 6) is -0.710. The number of fused-ring (bicyclic) bond motifs is 2. The van der Waals surface area contributed by atoms with Gasteiger partial charge in [-0.05, 0) is 41.5 Å². The number of halogens is 4. The normalized spacial score (nSPS) is 13.0. The van der Waals surface area contributed by atoms with Crippen LogP contribution in [0.4, 0.5) is 8.78 Å². The molecule has 1 aliphatic rings. The standard InChI is InChI=1S/C10H6ClFO.C9H5ClFN/c11-10-5-8(13)4-6-3-7(12)1-2-9(6)10;10-8-3-4-12-9-5-6(11)1-2-7(8)9/h1-3,5H,4H2;1-5H. The van der Waals surface area contributed by atoms with Crippen LogP contribution in [0.2, 0.25) is 5.02 Å². The maximum atomic E-state index is 12.8. The summed E-state index contributed by atoms with van der Waals surface area (Å²) in [5.41, 5.74) is 2.00. The van der Waals surface area contributed by atoms with E-state index in [2.05, 4.69) is 4.98 Å². The van der Waals surface area contributed by atoms with Gasteiger partial charge in [0.1, 0.15) is 11.6 Å². The molecule has 0 amide bonds. The third-order valence-corrected chi connectivity index (χ3v) is 4.27. The molecule has 0 N–H and O–H groups in total. The van der Waals surface area contributed by atoms with Gasteiger partial charge in [0.05, 0.1) is 15.6 Å². The van der Waals surface area contributed by atoms with Crippen molar-refractivity contribution in [3.8, 4) is 0 Å². The molecule has 4 rings (SSSR count). The molecule has 0 unspecified atom stereocenters. The highest BCUT2D eigenvalue weighted by Gasteiger charge is 2.16. The van der Waals surface area contributed by atoms with Gasteiger partial charge in [-0.15, -0.1) is 0 Å². The smallest absolute Gasteiger partial charge is 0.161 e. The van der Waals surface area contributed by atoms with Crippen LogP contribution in [0.5, 0.6) is 0 Å². The third-order valence-electron chi connectivity index (χ3n) is 3.63. The molecule has 3 aromatic rings. The van der Waals surface area contributed by atoms with Crippen LogP contribution in [0.1, 0.15) is 11.1 Å². The lowest BCUT2D eigenvalue weighted by atomic mass is 9.96. The number of carbonyl (C=O) groups excluding carboxylic acids is 1. The molecular formula is C19H11Cl2F2NO. The molecule has 0 aliphatic heterocycles. The predicted octanol–water partition coefficient (Wildman–Crippen LogP) is 5.56. The SMILES string of the molecule is Fc1ccc2c(Cl)ccnc2c1.O=C1C=C(Cl)c2ccc(F)cc2C1. The van der Waals surface area contributed by atoms with Crippen LogP contribution in [0.25, 0.3) is 15.9 Å². The van der Waals surface area contributed by atoms with E-state index in [1.807, 2.05) is 0 Å². The van der Waals surface area contributed by atoms with Gasteiger partial charge >= 0.3 is 0 Å². The average Bonchev–Trinajstić information content (AvgIpc) is 2.54. The highest BCUT2D eigenvalue weighted by atomic mass is 35.5. The van der Waals surface area contributed by atoms with Crippen LogP contribution in [0, 0.1) is 11.6 Å². The molecule has 1 aromatic heterocycles. The van der Waals surface area contributed by atoms with Crippen molar-refractivity contribution in [1.29, 1.82) is 0 Å². The lowest BCUT2D eigenvalue weighted by molar-refractivity contribution is -0.114. The van der Waals surface area contributed by atoms with Crippen molar-refractivity contribution in [2.75, 3.05) is 0 Å². The van der Waals surface area contributed by atoms with Crippen molar-refractivity contribution < 1.29 is 13.6 Å². The largest absolute Gasteiger partial charge is 0.294 e. The fraction of sp³-hybridized carbons (Fsp3) is 0.0526. The number of hydrogen-bond acceptors (Lipinski definition) is 2. The molecule has 1 heterocycles. The fourth-order valence-electron chi connectivity index (χ4n) is 2.49. The molecule has 0 bridgehead atoms. The van der Waals surface area contributed by atoms with Crippen LogP contribution in [-0.4, -0.2) is 10.8 Å². The second-order valence-electron chi connectivity index (χ2n) is 5.39. The molecule has 2 nitrogen and oxygen atoms in total. The number of rotatable bonds is 0. The van der Waals surface area contributed by atoms with Crippen molar-refractivity contribution in [3.05, 3.63) is 82.5 Å². The summed E-state index contributed by atoms with van der Waals surface area (Å²) in [6.45, 7) is 0. The Balaban J connectivity index is 0.000000146. The van der Waals surface area contributed by atoms with E-state index in [-0.39, 0.29) is 23.8 Å². The minimum Gasteiger partial charge on any atom is -0.294 e. The van der Waals surface area contributed by atoms with Gasteiger partial charge in [-0.3, -0.25) is 9.78 Å². The Morgan fingerprint density at radius 2 is 1.68 bits per heavy atom. The van der Waals surface area contributed by atoms with Crippen molar-refractivity contribution in [2.24, 2.45) is 0 Å². The molecule has 25 heavy (non-hydrogen) atoms. The molecule has 0 fully saturated rings. The molecule has 2 aromatic carbocycles. The van der Waals surface area contributed by atoms with E-state index in [0.29, 0.717) is 21.1 Å². The summed E-state index contributed by atoms with van der Waals surface area (Å²) < 4.78 is 25.5. The Labute approximate surface area is 152 Å². The number of aromatic nitrogens is 1. The highest BCUT2D eigenvalue weighted by molar-refractivity contribution is 6.50. The Kier molecular flexibility index (Phi) is 5.11. The van der Waals surface area contributed by atoms with Crippen LogP contribution in [0.3, 0.4) is 0 Å². The van der Waals surface area contributed by atoms with Crippen LogP contribution in [-0.2, 0) is 11.2 Å². The van der Waals surface area contributed by atoms with Crippen molar-refractivity contribution >= 4 is 44.9 Å². The van der Waals surface area contributed by atoms with Gasteiger partial charge in [0.15, 0.2) is 5.78 Å². The van der Waals surface area contributed by atoms with Crippen LogP contribution < -0.4 is 0 Å². The number of nitrogens with zero attached hydrogens (tertiary/aromatic N) is 1. The number of carbonyl (C=O) groups is 1. The monoisotopic (exact) mass is 377 g/mol. The summed E-state index contributed by atoms with van der Waals surface area (Å²) in [5, 5.41) is 1.77. The van der Waals surface area contributed by atoms with Gasteiger partial charge in [-0.1, -0.05) is 29.3 Å². The van der Waals surface area contributed by atoms with Crippen LogP contribution in [0.15, 0.2) is 54.7 Å². The summed E-state index contributed by atoms with van der Waals surface area (Å²) in [6, 6.07) is 10.3.